The standard InChI is InChI=1S/C17H17ClFN3O3/c1-24-12-9-20-17(21-10-12)25-11-5-7-22(8-6-11)16(23)15-13(18)3-2-4-14(15)19/h2-4,9-11H,5-8H2,1H3. The van der Waals surface area contributed by atoms with Crippen molar-refractivity contribution in [1.29, 1.82) is 0 Å². The first-order valence-electron chi connectivity index (χ1n) is 7.84. The van der Waals surface area contributed by atoms with Crippen molar-refractivity contribution < 1.29 is 18.7 Å². The molecule has 6 nitrogen and oxygen atoms in total. The van der Waals surface area contributed by atoms with Crippen molar-refractivity contribution >= 4 is 17.5 Å². The number of hydrogen-bond donors (Lipinski definition) is 0. The van der Waals surface area contributed by atoms with Crippen LogP contribution in [0.2, 0.25) is 5.02 Å². The van der Waals surface area contributed by atoms with Crippen molar-refractivity contribution in [1.82, 2.24) is 14.9 Å². The monoisotopic (exact) mass is 365 g/mol. The normalized spacial score (nSPS) is 15.1. The van der Waals surface area contributed by atoms with E-state index in [2.05, 4.69) is 9.97 Å². The van der Waals surface area contributed by atoms with Crippen LogP contribution in [0.15, 0.2) is 30.6 Å². The minimum absolute atomic E-state index is 0.0815. The summed E-state index contributed by atoms with van der Waals surface area (Å²) < 4.78 is 24.6. The molecule has 2 aromatic rings. The van der Waals surface area contributed by atoms with Gasteiger partial charge in [0.1, 0.15) is 11.9 Å². The molecule has 2 heterocycles. The van der Waals surface area contributed by atoms with Crippen LogP contribution in [0.3, 0.4) is 0 Å². The predicted octanol–water partition coefficient (Wildman–Crippen LogP) is 2.96. The molecule has 8 heteroatoms. The van der Waals surface area contributed by atoms with Gasteiger partial charge in [-0.25, -0.2) is 4.39 Å². The lowest BCUT2D eigenvalue weighted by Gasteiger charge is -2.31. The van der Waals surface area contributed by atoms with Crippen LogP contribution in [-0.2, 0) is 0 Å². The molecule has 1 aromatic heterocycles. The fourth-order valence-corrected chi connectivity index (χ4v) is 2.90. The number of ether oxygens (including phenoxy) is 2. The minimum Gasteiger partial charge on any atom is -0.494 e. The number of carbonyl (C=O) groups is 1. The van der Waals surface area contributed by atoms with Gasteiger partial charge in [-0.1, -0.05) is 17.7 Å². The van der Waals surface area contributed by atoms with Gasteiger partial charge >= 0.3 is 6.01 Å². The zero-order valence-electron chi connectivity index (χ0n) is 13.6. The van der Waals surface area contributed by atoms with E-state index in [1.165, 1.54) is 37.7 Å². The van der Waals surface area contributed by atoms with Crippen LogP contribution in [0.4, 0.5) is 4.39 Å². The molecule has 0 saturated carbocycles. The lowest BCUT2D eigenvalue weighted by molar-refractivity contribution is 0.0574. The van der Waals surface area contributed by atoms with E-state index in [1.807, 2.05) is 0 Å². The highest BCUT2D eigenvalue weighted by atomic mass is 35.5. The first kappa shape index (κ1) is 17.4. The molecule has 0 N–H and O–H groups in total. The smallest absolute Gasteiger partial charge is 0.316 e. The maximum absolute atomic E-state index is 13.9. The Morgan fingerprint density at radius 1 is 1.28 bits per heavy atom. The van der Waals surface area contributed by atoms with Crippen LogP contribution in [0.5, 0.6) is 11.8 Å². The van der Waals surface area contributed by atoms with Gasteiger partial charge in [0.25, 0.3) is 5.91 Å². The topological polar surface area (TPSA) is 64.6 Å². The highest BCUT2D eigenvalue weighted by molar-refractivity contribution is 6.33. The van der Waals surface area contributed by atoms with Crippen LogP contribution in [0, 0.1) is 5.82 Å². The summed E-state index contributed by atoms with van der Waals surface area (Å²) in [7, 11) is 1.54. The molecule has 0 radical (unpaired) electrons. The van der Waals surface area contributed by atoms with Gasteiger partial charge in [-0.3, -0.25) is 4.79 Å². The number of piperidine rings is 1. The Morgan fingerprint density at radius 3 is 2.56 bits per heavy atom. The molecule has 0 aliphatic carbocycles. The second-order valence-corrected chi connectivity index (χ2v) is 6.02. The van der Waals surface area contributed by atoms with Crippen molar-refractivity contribution in [2.45, 2.75) is 18.9 Å². The number of benzene rings is 1. The highest BCUT2D eigenvalue weighted by Crippen LogP contribution is 2.24. The molecular weight excluding hydrogens is 349 g/mol. The highest BCUT2D eigenvalue weighted by Gasteiger charge is 2.28. The number of amides is 1. The third-order valence-corrected chi connectivity index (χ3v) is 4.33. The van der Waals surface area contributed by atoms with Crippen LogP contribution in [0.25, 0.3) is 0 Å². The second kappa shape index (κ2) is 7.65. The average Bonchev–Trinajstić information content (AvgIpc) is 2.63. The van der Waals surface area contributed by atoms with Crippen molar-refractivity contribution in [3.63, 3.8) is 0 Å². The molecular formula is C17H17ClFN3O3. The van der Waals surface area contributed by atoms with Crippen LogP contribution in [-0.4, -0.2) is 47.1 Å². The zero-order chi connectivity index (χ0) is 17.8. The van der Waals surface area contributed by atoms with Gasteiger partial charge in [0.15, 0.2) is 5.75 Å². The Hall–Kier alpha value is -2.41. The third kappa shape index (κ3) is 3.99. The molecule has 25 heavy (non-hydrogen) atoms. The average molecular weight is 366 g/mol. The molecule has 0 unspecified atom stereocenters. The van der Waals surface area contributed by atoms with Gasteiger partial charge in [0.05, 0.1) is 30.1 Å². The van der Waals surface area contributed by atoms with E-state index in [9.17, 15) is 9.18 Å². The number of halogens is 2. The first-order valence-corrected chi connectivity index (χ1v) is 8.22. The summed E-state index contributed by atoms with van der Waals surface area (Å²) in [6.07, 6.45) is 4.16. The fourth-order valence-electron chi connectivity index (χ4n) is 2.66. The van der Waals surface area contributed by atoms with Crippen molar-refractivity contribution in [2.75, 3.05) is 20.2 Å². The number of methoxy groups -OCH3 is 1. The van der Waals surface area contributed by atoms with E-state index >= 15 is 0 Å². The van der Waals surface area contributed by atoms with Gasteiger partial charge in [0, 0.05) is 25.9 Å². The number of hydrogen-bond acceptors (Lipinski definition) is 5. The summed E-state index contributed by atoms with van der Waals surface area (Å²) in [6, 6.07) is 4.48. The molecule has 1 saturated heterocycles. The van der Waals surface area contributed by atoms with Gasteiger partial charge in [-0.15, -0.1) is 0 Å². The number of aromatic nitrogens is 2. The van der Waals surface area contributed by atoms with Gasteiger partial charge in [-0.05, 0) is 12.1 Å². The summed E-state index contributed by atoms with van der Waals surface area (Å²) in [6.45, 7) is 0.897. The lowest BCUT2D eigenvalue weighted by atomic mass is 10.1. The minimum atomic E-state index is -0.609. The maximum atomic E-state index is 13.9. The van der Waals surface area contributed by atoms with E-state index in [1.54, 1.807) is 4.90 Å². The SMILES string of the molecule is COc1cnc(OC2CCN(C(=O)c3c(F)cccc3Cl)CC2)nc1. The van der Waals surface area contributed by atoms with Crippen LogP contribution >= 0.6 is 11.6 Å². The predicted molar refractivity (Wildman–Crippen MR) is 89.5 cm³/mol. The van der Waals surface area contributed by atoms with Gasteiger partial charge in [-0.2, -0.15) is 9.97 Å². The van der Waals surface area contributed by atoms with Crippen LogP contribution in [0.1, 0.15) is 23.2 Å². The quantitative estimate of drug-likeness (QED) is 0.833. The second-order valence-electron chi connectivity index (χ2n) is 5.61. The van der Waals surface area contributed by atoms with Crippen LogP contribution < -0.4 is 9.47 Å². The molecule has 1 aliphatic heterocycles. The maximum Gasteiger partial charge on any atom is 0.316 e. The number of rotatable bonds is 4. The summed E-state index contributed by atoms with van der Waals surface area (Å²) in [5.74, 6) is -0.459. The van der Waals surface area contributed by atoms with Crippen molar-refractivity contribution in [3.05, 3.63) is 47.0 Å². The number of nitrogens with zero attached hydrogens (tertiary/aromatic N) is 3. The molecule has 1 fully saturated rings. The molecule has 1 aromatic carbocycles. The lowest BCUT2D eigenvalue weighted by Crippen LogP contribution is -2.42. The Balaban J connectivity index is 1.58. The molecule has 0 spiro atoms. The van der Waals surface area contributed by atoms with Gasteiger partial charge in [0.2, 0.25) is 0 Å². The summed E-state index contributed by atoms with van der Waals surface area (Å²) >= 11 is 5.97. The van der Waals surface area contributed by atoms with E-state index in [0.717, 1.165) is 0 Å². The summed E-state index contributed by atoms with van der Waals surface area (Å²) in [5, 5.41) is 0.120. The fraction of sp³-hybridized carbons (Fsp3) is 0.353. The molecule has 1 aliphatic rings. The van der Waals surface area contributed by atoms with E-state index in [4.69, 9.17) is 21.1 Å². The summed E-state index contributed by atoms with van der Waals surface area (Å²) in [5.41, 5.74) is -0.0815. The largest absolute Gasteiger partial charge is 0.494 e. The molecule has 3 rings (SSSR count). The van der Waals surface area contributed by atoms with Gasteiger partial charge < -0.3 is 14.4 Å². The Morgan fingerprint density at radius 2 is 1.96 bits per heavy atom. The molecule has 0 bridgehead atoms. The number of likely N-dealkylation sites (tertiary alicyclic amines) is 1. The van der Waals surface area contributed by atoms with Crippen molar-refractivity contribution in [3.8, 4) is 11.8 Å². The molecule has 1 amide bonds. The van der Waals surface area contributed by atoms with Crippen molar-refractivity contribution in [2.24, 2.45) is 0 Å². The Kier molecular flexibility index (Phi) is 5.33. The van der Waals surface area contributed by atoms with E-state index < -0.39 is 11.7 Å². The Bertz CT molecular complexity index is 729. The van der Waals surface area contributed by atoms with E-state index in [-0.39, 0.29) is 22.7 Å². The zero-order valence-corrected chi connectivity index (χ0v) is 14.4. The molecule has 0 atom stereocenters. The number of carbonyl (C=O) groups excluding carboxylic acids is 1. The first-order chi connectivity index (χ1) is 12.1. The summed E-state index contributed by atoms with van der Waals surface area (Å²) in [4.78, 5) is 22.2. The third-order valence-electron chi connectivity index (χ3n) is 4.02. The Labute approximate surface area is 149 Å². The molecule has 132 valence electrons. The van der Waals surface area contributed by atoms with E-state index in [0.29, 0.717) is 31.7 Å².